The Morgan fingerprint density at radius 2 is 1.55 bits per heavy atom. The number of rotatable bonds is 6. The molecule has 0 aromatic heterocycles. The molecule has 2 fully saturated rings. The molecule has 2 aliphatic rings. The van der Waals surface area contributed by atoms with E-state index < -0.39 is 5.97 Å². The summed E-state index contributed by atoms with van der Waals surface area (Å²) >= 11 is 0. The van der Waals surface area contributed by atoms with Gasteiger partial charge < -0.3 is 10.4 Å². The number of carbonyl (C=O) groups is 2. The molecule has 0 bridgehead atoms. The number of hydrogen-bond donors (Lipinski definition) is 2. The van der Waals surface area contributed by atoms with Gasteiger partial charge in [-0.1, -0.05) is 0 Å². The highest BCUT2D eigenvalue weighted by Gasteiger charge is 2.41. The Labute approximate surface area is 118 Å². The third-order valence-corrected chi connectivity index (χ3v) is 4.35. The first-order valence-electron chi connectivity index (χ1n) is 7.26. The molecule has 1 amide bonds. The monoisotopic (exact) mass is 273 g/mol. The van der Waals surface area contributed by atoms with Gasteiger partial charge in [0, 0.05) is 12.1 Å². The standard InChI is InChI=1S/C16H19NO3/c18-15(12-5-7-13(8-6-12)16(19)20)17-9-14(10-1-2-10)11-3-4-11/h5-8,10-11,14H,1-4,9H2,(H,17,18)(H,19,20). The molecule has 0 radical (unpaired) electrons. The van der Waals surface area contributed by atoms with E-state index in [0.29, 0.717) is 11.5 Å². The summed E-state index contributed by atoms with van der Waals surface area (Å²) in [6.45, 7) is 0.759. The lowest BCUT2D eigenvalue weighted by molar-refractivity contribution is 0.0696. The van der Waals surface area contributed by atoms with Crippen LogP contribution < -0.4 is 5.32 Å². The highest BCUT2D eigenvalue weighted by atomic mass is 16.4. The highest BCUT2D eigenvalue weighted by molar-refractivity contribution is 5.95. The molecule has 2 N–H and O–H groups in total. The van der Waals surface area contributed by atoms with Crippen LogP contribution in [0, 0.1) is 17.8 Å². The smallest absolute Gasteiger partial charge is 0.335 e. The molecule has 0 spiro atoms. The van der Waals surface area contributed by atoms with Crippen LogP contribution in [0.5, 0.6) is 0 Å². The Bertz CT molecular complexity index is 503. The topological polar surface area (TPSA) is 66.4 Å². The van der Waals surface area contributed by atoms with Crippen molar-refractivity contribution in [2.75, 3.05) is 6.54 Å². The first-order chi connectivity index (χ1) is 9.65. The van der Waals surface area contributed by atoms with Crippen LogP contribution in [0.15, 0.2) is 24.3 Å². The number of amides is 1. The van der Waals surface area contributed by atoms with Gasteiger partial charge in [-0.05, 0) is 67.7 Å². The maximum absolute atomic E-state index is 12.1. The molecule has 1 aromatic carbocycles. The van der Waals surface area contributed by atoms with Crippen molar-refractivity contribution < 1.29 is 14.7 Å². The van der Waals surface area contributed by atoms with E-state index in [1.54, 1.807) is 12.1 Å². The second-order valence-electron chi connectivity index (χ2n) is 5.93. The first-order valence-corrected chi connectivity index (χ1v) is 7.26. The maximum atomic E-state index is 12.1. The summed E-state index contributed by atoms with van der Waals surface area (Å²) in [5, 5.41) is 11.8. The van der Waals surface area contributed by atoms with Crippen LogP contribution in [0.4, 0.5) is 0 Å². The van der Waals surface area contributed by atoms with Gasteiger partial charge in [0.15, 0.2) is 0 Å². The zero-order valence-corrected chi connectivity index (χ0v) is 11.3. The Morgan fingerprint density at radius 3 is 2.00 bits per heavy atom. The van der Waals surface area contributed by atoms with Crippen molar-refractivity contribution in [2.45, 2.75) is 25.7 Å². The Kier molecular flexibility index (Phi) is 3.47. The summed E-state index contributed by atoms with van der Waals surface area (Å²) in [5.41, 5.74) is 0.732. The predicted molar refractivity (Wildman–Crippen MR) is 74.7 cm³/mol. The van der Waals surface area contributed by atoms with Gasteiger partial charge in [0.25, 0.3) is 5.91 Å². The number of aromatic carboxylic acids is 1. The van der Waals surface area contributed by atoms with Crippen LogP contribution in [0.1, 0.15) is 46.4 Å². The molecule has 0 atom stereocenters. The Hall–Kier alpha value is -1.84. The Balaban J connectivity index is 1.56. The number of carbonyl (C=O) groups excluding carboxylic acids is 1. The zero-order chi connectivity index (χ0) is 14.1. The molecule has 106 valence electrons. The minimum atomic E-state index is -0.973. The van der Waals surface area contributed by atoms with E-state index in [2.05, 4.69) is 5.32 Å². The molecule has 1 aromatic rings. The van der Waals surface area contributed by atoms with Crippen LogP contribution in [0.2, 0.25) is 0 Å². The summed E-state index contributed by atoms with van der Waals surface area (Å²) in [6, 6.07) is 6.08. The molecule has 4 nitrogen and oxygen atoms in total. The SMILES string of the molecule is O=C(O)c1ccc(C(=O)NCC(C2CC2)C2CC2)cc1. The molecular formula is C16H19NO3. The lowest BCUT2D eigenvalue weighted by Gasteiger charge is -2.16. The second kappa shape index (κ2) is 5.27. The van der Waals surface area contributed by atoms with Crippen molar-refractivity contribution in [1.29, 1.82) is 0 Å². The molecule has 0 saturated heterocycles. The van der Waals surface area contributed by atoms with Crippen molar-refractivity contribution in [2.24, 2.45) is 17.8 Å². The van der Waals surface area contributed by atoms with E-state index in [4.69, 9.17) is 5.11 Å². The van der Waals surface area contributed by atoms with E-state index >= 15 is 0 Å². The van der Waals surface area contributed by atoms with Gasteiger partial charge in [-0.15, -0.1) is 0 Å². The van der Waals surface area contributed by atoms with Crippen LogP contribution in [0.3, 0.4) is 0 Å². The van der Waals surface area contributed by atoms with Crippen molar-refractivity contribution >= 4 is 11.9 Å². The van der Waals surface area contributed by atoms with Gasteiger partial charge in [-0.25, -0.2) is 4.79 Å². The number of hydrogen-bond acceptors (Lipinski definition) is 2. The Morgan fingerprint density at radius 1 is 1.05 bits per heavy atom. The quantitative estimate of drug-likeness (QED) is 0.837. The van der Waals surface area contributed by atoms with Gasteiger partial charge in [-0.3, -0.25) is 4.79 Å². The number of benzene rings is 1. The number of carboxylic acid groups (broad SMARTS) is 1. The van der Waals surface area contributed by atoms with Crippen LogP contribution in [-0.4, -0.2) is 23.5 Å². The minimum Gasteiger partial charge on any atom is -0.478 e. The minimum absolute atomic E-state index is 0.103. The fourth-order valence-corrected chi connectivity index (χ4v) is 2.84. The highest BCUT2D eigenvalue weighted by Crippen LogP contribution is 2.48. The molecule has 0 unspecified atom stereocenters. The zero-order valence-electron chi connectivity index (χ0n) is 11.3. The van der Waals surface area contributed by atoms with E-state index in [-0.39, 0.29) is 11.5 Å². The molecule has 3 rings (SSSR count). The summed E-state index contributed by atoms with van der Waals surface area (Å²) in [5.74, 6) is 1.21. The summed E-state index contributed by atoms with van der Waals surface area (Å²) in [6.07, 6.45) is 5.24. The lowest BCUT2D eigenvalue weighted by atomic mass is 9.98. The van der Waals surface area contributed by atoms with Crippen LogP contribution in [-0.2, 0) is 0 Å². The first kappa shape index (κ1) is 13.2. The predicted octanol–water partition coefficient (Wildman–Crippen LogP) is 2.55. The fourth-order valence-electron chi connectivity index (χ4n) is 2.84. The molecule has 4 heteroatoms. The number of carboxylic acids is 1. The second-order valence-corrected chi connectivity index (χ2v) is 5.93. The van der Waals surface area contributed by atoms with E-state index in [1.165, 1.54) is 37.8 Å². The van der Waals surface area contributed by atoms with E-state index in [9.17, 15) is 9.59 Å². The number of nitrogens with one attached hydrogen (secondary N) is 1. The van der Waals surface area contributed by atoms with E-state index in [0.717, 1.165) is 18.4 Å². The van der Waals surface area contributed by atoms with Crippen molar-refractivity contribution in [1.82, 2.24) is 5.32 Å². The van der Waals surface area contributed by atoms with Gasteiger partial charge in [0.05, 0.1) is 5.56 Å². The molecule has 2 saturated carbocycles. The summed E-state index contributed by atoms with van der Waals surface area (Å²) in [4.78, 5) is 22.8. The molecule has 0 heterocycles. The average molecular weight is 273 g/mol. The largest absolute Gasteiger partial charge is 0.478 e. The van der Waals surface area contributed by atoms with Gasteiger partial charge >= 0.3 is 5.97 Å². The molecule has 2 aliphatic carbocycles. The summed E-state index contributed by atoms with van der Waals surface area (Å²) < 4.78 is 0. The van der Waals surface area contributed by atoms with Crippen molar-refractivity contribution in [3.8, 4) is 0 Å². The van der Waals surface area contributed by atoms with E-state index in [1.807, 2.05) is 0 Å². The van der Waals surface area contributed by atoms with Crippen LogP contribution >= 0.6 is 0 Å². The normalized spacial score (nSPS) is 18.1. The van der Waals surface area contributed by atoms with Crippen molar-refractivity contribution in [3.05, 3.63) is 35.4 Å². The van der Waals surface area contributed by atoms with Gasteiger partial charge in [-0.2, -0.15) is 0 Å². The fraction of sp³-hybridized carbons (Fsp3) is 0.500. The average Bonchev–Trinajstić information content (AvgIpc) is 3.32. The lowest BCUT2D eigenvalue weighted by Crippen LogP contribution is -2.31. The summed E-state index contributed by atoms with van der Waals surface area (Å²) in [7, 11) is 0. The third-order valence-electron chi connectivity index (χ3n) is 4.35. The van der Waals surface area contributed by atoms with Crippen molar-refractivity contribution in [3.63, 3.8) is 0 Å². The molecule has 0 aliphatic heterocycles. The maximum Gasteiger partial charge on any atom is 0.335 e. The molecular weight excluding hydrogens is 254 g/mol. The van der Waals surface area contributed by atoms with Gasteiger partial charge in [0.2, 0.25) is 0 Å². The van der Waals surface area contributed by atoms with Gasteiger partial charge in [0.1, 0.15) is 0 Å². The molecule has 20 heavy (non-hydrogen) atoms. The third kappa shape index (κ3) is 3.00. The van der Waals surface area contributed by atoms with Crippen LogP contribution in [0.25, 0.3) is 0 Å².